The predicted molar refractivity (Wildman–Crippen MR) is 90.1 cm³/mol. The average molecular weight is 294 g/mol. The highest BCUT2D eigenvalue weighted by atomic mass is 15.5. The second kappa shape index (κ2) is 5.39. The summed E-state index contributed by atoms with van der Waals surface area (Å²) in [6, 6.07) is 0. The Morgan fingerprint density at radius 2 is 1.18 bits per heavy atom. The van der Waals surface area contributed by atoms with E-state index in [2.05, 4.69) is 44.3 Å². The summed E-state index contributed by atoms with van der Waals surface area (Å²) < 4.78 is 0. The zero-order valence-electron chi connectivity index (χ0n) is 14.4. The van der Waals surface area contributed by atoms with E-state index in [4.69, 9.17) is 13.1 Å². The van der Waals surface area contributed by atoms with E-state index in [0.29, 0.717) is 11.6 Å². The molecule has 0 aliphatic carbocycles. The molecule has 0 saturated heterocycles. The summed E-state index contributed by atoms with van der Waals surface area (Å²) in [5, 5.41) is 0. The second-order valence-electron chi connectivity index (χ2n) is 5.96. The van der Waals surface area contributed by atoms with Gasteiger partial charge in [-0.25, -0.2) is 0 Å². The average Bonchev–Trinajstić information content (AvgIpc) is 2.75. The molecule has 1 aliphatic heterocycles. The molecule has 114 valence electrons. The minimum absolute atomic E-state index is 0.0351. The lowest BCUT2D eigenvalue weighted by molar-refractivity contribution is 0.364. The topological polar surface area (TPSA) is 15.2 Å². The molecule has 1 heterocycles. The molecule has 0 amide bonds. The van der Waals surface area contributed by atoms with Crippen LogP contribution in [0, 0.1) is 47.8 Å². The molecule has 0 unspecified atom stereocenters. The van der Waals surface area contributed by atoms with Crippen LogP contribution in [0.1, 0.15) is 34.7 Å². The van der Waals surface area contributed by atoms with Crippen LogP contribution >= 0.6 is 0 Å². The van der Waals surface area contributed by atoms with Crippen LogP contribution < -0.4 is 4.90 Å². The molecule has 4 nitrogen and oxygen atoms in total. The maximum absolute atomic E-state index is 7.54. The van der Waals surface area contributed by atoms with E-state index < -0.39 is 0 Å². The first-order valence-electron chi connectivity index (χ1n) is 7.36. The third kappa shape index (κ3) is 1.96. The molecule has 0 aromatic heterocycles. The van der Waals surface area contributed by atoms with Gasteiger partial charge >= 0.3 is 0 Å². The fourth-order valence-corrected chi connectivity index (χ4v) is 3.16. The Kier molecular flexibility index (Phi) is 3.90. The number of anilines is 1. The highest BCUT2D eigenvalue weighted by Crippen LogP contribution is 2.41. The zero-order chi connectivity index (χ0) is 16.8. The molecule has 1 aromatic carbocycles. The minimum Gasteiger partial charge on any atom is -0.374 e. The fourth-order valence-electron chi connectivity index (χ4n) is 3.16. The third-order valence-electron chi connectivity index (χ3n) is 5.11. The van der Waals surface area contributed by atoms with Crippen molar-refractivity contribution in [1.82, 2.24) is 4.90 Å². The number of nitrogens with zero attached hydrogens (tertiary/aromatic N) is 4. The SMILES string of the molecule is [C-]#[N+]C1=C([N+]#[C-])N(c2c(C)c(C)c(C)c(C)c2C)[C@@H](C)N1C. The van der Waals surface area contributed by atoms with Crippen LogP contribution in [0.3, 0.4) is 0 Å². The highest BCUT2D eigenvalue weighted by molar-refractivity contribution is 5.71. The number of hydrogen-bond donors (Lipinski definition) is 0. The first-order chi connectivity index (χ1) is 10.3. The van der Waals surface area contributed by atoms with E-state index in [9.17, 15) is 0 Å². The van der Waals surface area contributed by atoms with Crippen molar-refractivity contribution in [3.05, 3.63) is 62.3 Å². The smallest absolute Gasteiger partial charge is 0.253 e. The molecule has 0 spiro atoms. The lowest BCUT2D eigenvalue weighted by Crippen LogP contribution is -2.36. The second-order valence-corrected chi connectivity index (χ2v) is 5.96. The van der Waals surface area contributed by atoms with E-state index in [1.165, 1.54) is 27.8 Å². The van der Waals surface area contributed by atoms with Crippen molar-refractivity contribution in [1.29, 1.82) is 0 Å². The van der Waals surface area contributed by atoms with Gasteiger partial charge in [-0.15, -0.1) is 0 Å². The number of hydrogen-bond acceptors (Lipinski definition) is 2. The normalized spacial score (nSPS) is 17.8. The van der Waals surface area contributed by atoms with E-state index in [-0.39, 0.29) is 6.17 Å². The van der Waals surface area contributed by atoms with Crippen LogP contribution in [0.4, 0.5) is 5.69 Å². The van der Waals surface area contributed by atoms with Gasteiger partial charge in [-0.3, -0.25) is 4.90 Å². The summed E-state index contributed by atoms with van der Waals surface area (Å²) in [5.41, 5.74) is 7.27. The lowest BCUT2D eigenvalue weighted by atomic mass is 9.92. The zero-order valence-corrected chi connectivity index (χ0v) is 14.4. The summed E-state index contributed by atoms with van der Waals surface area (Å²) >= 11 is 0. The minimum atomic E-state index is -0.0351. The number of benzene rings is 1. The number of rotatable bonds is 1. The third-order valence-corrected chi connectivity index (χ3v) is 5.11. The van der Waals surface area contributed by atoms with Crippen LogP contribution in [0.2, 0.25) is 0 Å². The van der Waals surface area contributed by atoms with Gasteiger partial charge in [0.15, 0.2) is 0 Å². The van der Waals surface area contributed by atoms with Crippen LogP contribution in [0.25, 0.3) is 9.69 Å². The molecule has 0 N–H and O–H groups in total. The van der Waals surface area contributed by atoms with E-state index in [0.717, 1.165) is 5.69 Å². The molecule has 4 heteroatoms. The van der Waals surface area contributed by atoms with E-state index in [1.54, 1.807) is 0 Å². The maximum Gasteiger partial charge on any atom is 0.253 e. The molecule has 0 saturated carbocycles. The maximum atomic E-state index is 7.54. The Balaban J connectivity index is 2.81. The first-order valence-corrected chi connectivity index (χ1v) is 7.36. The summed E-state index contributed by atoms with van der Waals surface area (Å²) in [5.74, 6) is 0.857. The lowest BCUT2D eigenvalue weighted by Gasteiger charge is -2.28. The fraction of sp³-hybridized carbons (Fsp3) is 0.444. The largest absolute Gasteiger partial charge is 0.374 e. The summed E-state index contributed by atoms with van der Waals surface area (Å²) in [4.78, 5) is 11.1. The molecule has 1 atom stereocenters. The van der Waals surface area contributed by atoms with Gasteiger partial charge in [0.25, 0.3) is 5.82 Å². The Morgan fingerprint density at radius 1 is 0.773 bits per heavy atom. The van der Waals surface area contributed by atoms with Crippen LogP contribution in [0.5, 0.6) is 0 Å². The van der Waals surface area contributed by atoms with Gasteiger partial charge in [0.2, 0.25) is 12.0 Å². The van der Waals surface area contributed by atoms with Gasteiger partial charge in [0.05, 0.1) is 7.05 Å². The molecule has 22 heavy (non-hydrogen) atoms. The van der Waals surface area contributed by atoms with Crippen molar-refractivity contribution in [3.8, 4) is 0 Å². The first kappa shape index (κ1) is 15.9. The van der Waals surface area contributed by atoms with E-state index >= 15 is 0 Å². The van der Waals surface area contributed by atoms with Crippen molar-refractivity contribution in [2.45, 2.75) is 47.7 Å². The van der Waals surface area contributed by atoms with Crippen molar-refractivity contribution in [3.63, 3.8) is 0 Å². The van der Waals surface area contributed by atoms with Crippen molar-refractivity contribution in [2.24, 2.45) is 0 Å². The van der Waals surface area contributed by atoms with Crippen molar-refractivity contribution in [2.75, 3.05) is 11.9 Å². The van der Waals surface area contributed by atoms with Crippen LogP contribution in [-0.4, -0.2) is 18.1 Å². The van der Waals surface area contributed by atoms with Gasteiger partial charge in [0.1, 0.15) is 5.69 Å². The van der Waals surface area contributed by atoms with Crippen molar-refractivity contribution >= 4 is 5.69 Å². The highest BCUT2D eigenvalue weighted by Gasteiger charge is 2.40. The summed E-state index contributed by atoms with van der Waals surface area (Å²) in [6.45, 7) is 27.6. The molecule has 2 rings (SSSR count). The predicted octanol–water partition coefficient (Wildman–Crippen LogP) is 4.29. The standard InChI is InChI=1S/C18H22N4/c1-10-11(2)13(4)16(14(5)12(10)3)22-15(6)21(9)17(19-7)18(22)20-8/h15H,1-6,9H3/t15-/m0/s1. The van der Waals surface area contributed by atoms with Gasteiger partial charge in [-0.05, 0) is 62.4 Å². The van der Waals surface area contributed by atoms with Crippen LogP contribution in [0.15, 0.2) is 11.6 Å². The van der Waals surface area contributed by atoms with Gasteiger partial charge in [-0.2, -0.15) is 0 Å². The Bertz CT molecular complexity index is 730. The van der Waals surface area contributed by atoms with Gasteiger partial charge in [0, 0.05) is 6.92 Å². The Hall–Kier alpha value is -2.46. The quantitative estimate of drug-likeness (QED) is 0.718. The monoisotopic (exact) mass is 294 g/mol. The Morgan fingerprint density at radius 3 is 1.59 bits per heavy atom. The molecule has 0 radical (unpaired) electrons. The Labute approximate surface area is 133 Å². The molecule has 1 aromatic rings. The van der Waals surface area contributed by atoms with E-state index in [1.807, 2.05) is 23.8 Å². The molecule has 0 bridgehead atoms. The van der Waals surface area contributed by atoms with Crippen molar-refractivity contribution < 1.29 is 0 Å². The molecular formula is C18H22N4. The van der Waals surface area contributed by atoms with Gasteiger partial charge < -0.3 is 14.6 Å². The molecule has 1 aliphatic rings. The van der Waals surface area contributed by atoms with Gasteiger partial charge in [-0.1, -0.05) is 13.1 Å². The summed E-state index contributed by atoms with van der Waals surface area (Å²) in [6.07, 6.45) is -0.0351. The summed E-state index contributed by atoms with van der Waals surface area (Å²) in [7, 11) is 1.88. The molecular weight excluding hydrogens is 272 g/mol. The van der Waals surface area contributed by atoms with Crippen LogP contribution in [-0.2, 0) is 0 Å². The molecule has 0 fully saturated rings.